The molecule has 2 aliphatic rings. The molecule has 0 aromatic heterocycles. The highest BCUT2D eigenvalue weighted by Crippen LogP contribution is 2.36. The van der Waals surface area contributed by atoms with Gasteiger partial charge in [-0.2, -0.15) is 0 Å². The summed E-state index contributed by atoms with van der Waals surface area (Å²) in [5.41, 5.74) is 0.799. The molecule has 0 radical (unpaired) electrons. The number of hydrogen-bond acceptors (Lipinski definition) is 4. The third-order valence-corrected chi connectivity index (χ3v) is 3.67. The van der Waals surface area contributed by atoms with Crippen molar-refractivity contribution in [3.63, 3.8) is 0 Å². The molecule has 3 N–H and O–H groups in total. The Hall–Kier alpha value is -2.08. The molecule has 0 saturated carbocycles. The molecule has 1 fully saturated rings. The Morgan fingerprint density at radius 2 is 2.00 bits per heavy atom. The van der Waals surface area contributed by atoms with Gasteiger partial charge >= 0.3 is 5.97 Å². The summed E-state index contributed by atoms with van der Waals surface area (Å²) in [7, 11) is 0. The normalized spacial score (nSPS) is 20.3. The van der Waals surface area contributed by atoms with E-state index in [1.165, 1.54) is 12.1 Å². The van der Waals surface area contributed by atoms with Crippen LogP contribution in [0.5, 0.6) is 0 Å². The highest BCUT2D eigenvalue weighted by molar-refractivity contribution is 6.07. The molecule has 0 atom stereocenters. The van der Waals surface area contributed by atoms with Gasteiger partial charge in [0.2, 0.25) is 5.91 Å². The van der Waals surface area contributed by atoms with Crippen LogP contribution in [0.4, 0.5) is 11.4 Å². The Labute approximate surface area is 109 Å². The van der Waals surface area contributed by atoms with Gasteiger partial charge in [-0.25, -0.2) is 4.79 Å². The zero-order valence-corrected chi connectivity index (χ0v) is 10.2. The van der Waals surface area contributed by atoms with E-state index < -0.39 is 11.5 Å². The van der Waals surface area contributed by atoms with E-state index in [4.69, 9.17) is 9.84 Å². The molecule has 1 aromatic carbocycles. The van der Waals surface area contributed by atoms with Crippen molar-refractivity contribution in [3.8, 4) is 0 Å². The van der Waals surface area contributed by atoms with Crippen molar-refractivity contribution < 1.29 is 19.4 Å². The average Bonchev–Trinajstić information content (AvgIpc) is 2.40. The van der Waals surface area contributed by atoms with E-state index in [2.05, 4.69) is 10.6 Å². The van der Waals surface area contributed by atoms with E-state index >= 15 is 0 Å². The van der Waals surface area contributed by atoms with E-state index in [1.54, 1.807) is 6.07 Å². The Bertz CT molecular complexity index is 550. The van der Waals surface area contributed by atoms with Crippen LogP contribution in [0.3, 0.4) is 0 Å². The number of benzene rings is 1. The van der Waals surface area contributed by atoms with Gasteiger partial charge in [0.15, 0.2) is 0 Å². The minimum absolute atomic E-state index is 0.120. The van der Waals surface area contributed by atoms with Crippen molar-refractivity contribution in [3.05, 3.63) is 23.8 Å². The molecular formula is C13H14N2O4. The molecule has 1 amide bonds. The first kappa shape index (κ1) is 12.0. The summed E-state index contributed by atoms with van der Waals surface area (Å²) < 4.78 is 5.29. The maximum absolute atomic E-state index is 12.2. The molecule has 1 saturated heterocycles. The highest BCUT2D eigenvalue weighted by atomic mass is 16.5. The number of carbonyl (C=O) groups excluding carboxylic acids is 1. The summed E-state index contributed by atoms with van der Waals surface area (Å²) in [4.78, 5) is 23.2. The SMILES string of the molecule is O=C(O)c1ccc2c(c1)NC(=O)C1(CCOCC1)N2. The summed E-state index contributed by atoms with van der Waals surface area (Å²) in [6, 6.07) is 4.68. The molecule has 0 aliphatic carbocycles. The average molecular weight is 262 g/mol. The van der Waals surface area contributed by atoms with Gasteiger partial charge in [-0.05, 0) is 18.2 Å². The van der Waals surface area contributed by atoms with Crippen LogP contribution in [-0.2, 0) is 9.53 Å². The number of carboxylic acids is 1. The van der Waals surface area contributed by atoms with Crippen LogP contribution in [0.1, 0.15) is 23.2 Å². The van der Waals surface area contributed by atoms with Crippen LogP contribution in [-0.4, -0.2) is 35.7 Å². The number of carbonyl (C=O) groups is 2. The zero-order valence-electron chi connectivity index (χ0n) is 10.2. The minimum Gasteiger partial charge on any atom is -0.478 e. The first-order valence-electron chi connectivity index (χ1n) is 6.15. The van der Waals surface area contributed by atoms with Crippen molar-refractivity contribution in [2.45, 2.75) is 18.4 Å². The van der Waals surface area contributed by atoms with Gasteiger partial charge in [0, 0.05) is 26.1 Å². The lowest BCUT2D eigenvalue weighted by Gasteiger charge is -2.41. The zero-order chi connectivity index (χ0) is 13.5. The summed E-state index contributed by atoms with van der Waals surface area (Å²) in [5.74, 6) is -1.13. The molecule has 2 aliphatic heterocycles. The number of aromatic carboxylic acids is 1. The van der Waals surface area contributed by atoms with Gasteiger partial charge in [0.25, 0.3) is 0 Å². The second-order valence-electron chi connectivity index (χ2n) is 4.84. The number of rotatable bonds is 1. The number of anilines is 2. The highest BCUT2D eigenvalue weighted by Gasteiger charge is 2.43. The van der Waals surface area contributed by atoms with Gasteiger partial charge < -0.3 is 20.5 Å². The van der Waals surface area contributed by atoms with Gasteiger partial charge in [-0.15, -0.1) is 0 Å². The lowest BCUT2D eigenvalue weighted by Crippen LogP contribution is -2.55. The molecule has 6 nitrogen and oxygen atoms in total. The molecule has 0 bridgehead atoms. The van der Waals surface area contributed by atoms with Gasteiger partial charge in [0.1, 0.15) is 5.54 Å². The number of carboxylic acid groups (broad SMARTS) is 1. The first-order valence-corrected chi connectivity index (χ1v) is 6.15. The first-order chi connectivity index (χ1) is 9.11. The third kappa shape index (κ3) is 1.94. The van der Waals surface area contributed by atoms with Crippen LogP contribution in [0.15, 0.2) is 18.2 Å². The number of hydrogen-bond donors (Lipinski definition) is 3. The largest absolute Gasteiger partial charge is 0.478 e. The Kier molecular flexibility index (Phi) is 2.67. The van der Waals surface area contributed by atoms with Gasteiger partial charge in [-0.3, -0.25) is 4.79 Å². The number of nitrogens with one attached hydrogen (secondary N) is 2. The lowest BCUT2D eigenvalue weighted by atomic mass is 9.86. The van der Waals surface area contributed by atoms with Gasteiger partial charge in [-0.1, -0.05) is 0 Å². The molecule has 0 unspecified atom stereocenters. The van der Waals surface area contributed by atoms with Crippen LogP contribution in [0.2, 0.25) is 0 Å². The molecule has 2 heterocycles. The van der Waals surface area contributed by atoms with Crippen molar-refractivity contribution >= 4 is 23.3 Å². The monoisotopic (exact) mass is 262 g/mol. The lowest BCUT2D eigenvalue weighted by molar-refractivity contribution is -0.123. The molecule has 6 heteroatoms. The number of fused-ring (bicyclic) bond motifs is 1. The second kappa shape index (κ2) is 4.24. The fourth-order valence-corrected chi connectivity index (χ4v) is 2.52. The van der Waals surface area contributed by atoms with E-state index in [0.717, 1.165) is 5.69 Å². The predicted molar refractivity (Wildman–Crippen MR) is 68.4 cm³/mol. The maximum Gasteiger partial charge on any atom is 0.335 e. The molecule has 1 spiro atoms. The van der Waals surface area contributed by atoms with E-state index in [9.17, 15) is 9.59 Å². The molecule has 100 valence electrons. The topological polar surface area (TPSA) is 87.7 Å². The number of amides is 1. The standard InChI is InChI=1S/C13H14N2O4/c16-11(17)8-1-2-9-10(7-8)14-12(18)13(15-9)3-5-19-6-4-13/h1-2,7,15H,3-6H2,(H,14,18)(H,16,17). The van der Waals surface area contributed by atoms with Crippen LogP contribution in [0.25, 0.3) is 0 Å². The Morgan fingerprint density at radius 1 is 1.26 bits per heavy atom. The van der Waals surface area contributed by atoms with Crippen molar-refractivity contribution in [1.82, 2.24) is 0 Å². The van der Waals surface area contributed by atoms with Gasteiger partial charge in [0.05, 0.1) is 16.9 Å². The summed E-state index contributed by atoms with van der Waals surface area (Å²) in [6.07, 6.45) is 1.22. The Morgan fingerprint density at radius 3 is 2.68 bits per heavy atom. The minimum atomic E-state index is -1.01. The van der Waals surface area contributed by atoms with E-state index in [0.29, 0.717) is 31.7 Å². The van der Waals surface area contributed by atoms with Crippen LogP contribution in [0, 0.1) is 0 Å². The quantitative estimate of drug-likeness (QED) is 0.710. The maximum atomic E-state index is 12.2. The van der Waals surface area contributed by atoms with Crippen LogP contribution < -0.4 is 10.6 Å². The summed E-state index contributed by atoms with van der Waals surface area (Å²) >= 11 is 0. The number of ether oxygens (including phenoxy) is 1. The molecular weight excluding hydrogens is 248 g/mol. The van der Waals surface area contributed by atoms with E-state index in [-0.39, 0.29) is 11.5 Å². The second-order valence-corrected chi connectivity index (χ2v) is 4.84. The van der Waals surface area contributed by atoms with E-state index in [1.807, 2.05) is 0 Å². The molecule has 19 heavy (non-hydrogen) atoms. The van der Waals surface area contributed by atoms with Crippen molar-refractivity contribution in [2.75, 3.05) is 23.8 Å². The summed E-state index contributed by atoms with van der Waals surface area (Å²) in [6.45, 7) is 1.09. The molecule has 3 rings (SSSR count). The van der Waals surface area contributed by atoms with Crippen molar-refractivity contribution in [2.24, 2.45) is 0 Å². The third-order valence-electron chi connectivity index (χ3n) is 3.67. The molecule has 1 aromatic rings. The fraction of sp³-hybridized carbons (Fsp3) is 0.385. The predicted octanol–water partition coefficient (Wildman–Crippen LogP) is 1.30. The Balaban J connectivity index is 1.95. The fourth-order valence-electron chi connectivity index (χ4n) is 2.52. The smallest absolute Gasteiger partial charge is 0.335 e. The van der Waals surface area contributed by atoms with Crippen LogP contribution >= 0.6 is 0 Å². The van der Waals surface area contributed by atoms with Crippen molar-refractivity contribution in [1.29, 1.82) is 0 Å². The summed E-state index contributed by atoms with van der Waals surface area (Å²) in [5, 5.41) is 15.0.